The first-order valence-corrected chi connectivity index (χ1v) is 5.82. The minimum absolute atomic E-state index is 0.0298. The second-order valence-electron chi connectivity index (χ2n) is 5.00. The van der Waals surface area contributed by atoms with Crippen LogP contribution in [0.5, 0.6) is 0 Å². The summed E-state index contributed by atoms with van der Waals surface area (Å²) in [5.41, 5.74) is 0. The third kappa shape index (κ3) is 2.73. The maximum Gasteiger partial charge on any atom is 0.240 e. The molecule has 1 fully saturated rings. The van der Waals surface area contributed by atoms with Gasteiger partial charge in [-0.05, 0) is 25.9 Å². The number of nitriles is 1. The standard InChI is InChI=1S/C12H21N3O/c1-9(2)11(7-13)12(16)15(4)10-5-6-14(3)8-10/h9-11H,5-6,8H2,1-4H3. The molecule has 4 nitrogen and oxygen atoms in total. The average molecular weight is 223 g/mol. The molecule has 0 radical (unpaired) electrons. The zero-order chi connectivity index (χ0) is 12.3. The molecule has 1 heterocycles. The Bertz CT molecular complexity index is 295. The van der Waals surface area contributed by atoms with E-state index < -0.39 is 5.92 Å². The minimum Gasteiger partial charge on any atom is -0.340 e. The first kappa shape index (κ1) is 13.0. The number of carbonyl (C=O) groups is 1. The van der Waals surface area contributed by atoms with Gasteiger partial charge in [-0.2, -0.15) is 5.26 Å². The summed E-state index contributed by atoms with van der Waals surface area (Å²) in [6.07, 6.45) is 1.01. The van der Waals surface area contributed by atoms with Crippen molar-refractivity contribution in [2.75, 3.05) is 27.2 Å². The molecule has 0 aromatic heterocycles. The molecule has 0 aromatic rings. The molecule has 1 amide bonds. The van der Waals surface area contributed by atoms with E-state index in [1.807, 2.05) is 20.9 Å². The molecule has 0 bridgehead atoms. The monoisotopic (exact) mass is 223 g/mol. The van der Waals surface area contributed by atoms with E-state index in [1.54, 1.807) is 4.90 Å². The first-order chi connectivity index (χ1) is 7.47. The number of likely N-dealkylation sites (N-methyl/N-ethyl adjacent to an activating group) is 2. The number of likely N-dealkylation sites (tertiary alicyclic amines) is 1. The van der Waals surface area contributed by atoms with Crippen LogP contribution in [0.1, 0.15) is 20.3 Å². The molecule has 1 saturated heterocycles. The van der Waals surface area contributed by atoms with Crippen LogP contribution in [0.2, 0.25) is 0 Å². The quantitative estimate of drug-likeness (QED) is 0.715. The van der Waals surface area contributed by atoms with Crippen molar-refractivity contribution in [1.82, 2.24) is 9.80 Å². The van der Waals surface area contributed by atoms with Gasteiger partial charge in [0.2, 0.25) is 5.91 Å². The predicted molar refractivity (Wildman–Crippen MR) is 62.6 cm³/mol. The second kappa shape index (κ2) is 5.31. The summed E-state index contributed by atoms with van der Waals surface area (Å²) in [4.78, 5) is 16.1. The molecule has 0 aromatic carbocycles. The van der Waals surface area contributed by atoms with E-state index in [2.05, 4.69) is 18.0 Å². The van der Waals surface area contributed by atoms with Gasteiger partial charge in [-0.1, -0.05) is 13.8 Å². The summed E-state index contributed by atoms with van der Waals surface area (Å²) in [6.45, 7) is 5.78. The predicted octanol–water partition coefficient (Wildman–Crippen LogP) is 0.945. The molecule has 1 rings (SSSR count). The number of rotatable bonds is 3. The number of nitrogens with zero attached hydrogens (tertiary/aromatic N) is 3. The summed E-state index contributed by atoms with van der Waals surface area (Å²) >= 11 is 0. The number of hydrogen-bond donors (Lipinski definition) is 0. The zero-order valence-electron chi connectivity index (χ0n) is 10.6. The van der Waals surface area contributed by atoms with Crippen LogP contribution in [0.3, 0.4) is 0 Å². The topological polar surface area (TPSA) is 47.3 Å². The van der Waals surface area contributed by atoms with Gasteiger partial charge in [0.25, 0.3) is 0 Å². The van der Waals surface area contributed by atoms with Crippen LogP contribution >= 0.6 is 0 Å². The molecule has 16 heavy (non-hydrogen) atoms. The van der Waals surface area contributed by atoms with E-state index in [0.717, 1.165) is 19.5 Å². The maximum absolute atomic E-state index is 12.1. The zero-order valence-corrected chi connectivity index (χ0v) is 10.6. The highest BCUT2D eigenvalue weighted by atomic mass is 16.2. The fourth-order valence-corrected chi connectivity index (χ4v) is 2.12. The Morgan fingerprint density at radius 2 is 2.19 bits per heavy atom. The summed E-state index contributed by atoms with van der Waals surface area (Å²) in [5, 5.41) is 9.00. The number of amides is 1. The molecule has 2 unspecified atom stereocenters. The largest absolute Gasteiger partial charge is 0.340 e. The van der Waals surface area contributed by atoms with Gasteiger partial charge in [0.1, 0.15) is 5.92 Å². The van der Waals surface area contributed by atoms with Crippen molar-refractivity contribution in [3.8, 4) is 6.07 Å². The maximum atomic E-state index is 12.1. The fourth-order valence-electron chi connectivity index (χ4n) is 2.12. The average Bonchev–Trinajstić information content (AvgIpc) is 2.64. The molecule has 4 heteroatoms. The molecule has 0 saturated carbocycles. The molecule has 2 atom stereocenters. The van der Waals surface area contributed by atoms with Gasteiger partial charge in [0, 0.05) is 19.6 Å². The van der Waals surface area contributed by atoms with Crippen LogP contribution in [0.4, 0.5) is 0 Å². The van der Waals surface area contributed by atoms with Crippen molar-refractivity contribution < 1.29 is 4.79 Å². The van der Waals surface area contributed by atoms with Crippen LogP contribution in [0.15, 0.2) is 0 Å². The van der Waals surface area contributed by atoms with Crippen molar-refractivity contribution in [3.63, 3.8) is 0 Å². The van der Waals surface area contributed by atoms with Gasteiger partial charge in [0.15, 0.2) is 0 Å². The van der Waals surface area contributed by atoms with Crippen LogP contribution in [0.25, 0.3) is 0 Å². The molecular formula is C12H21N3O. The van der Waals surface area contributed by atoms with E-state index in [9.17, 15) is 4.79 Å². The van der Waals surface area contributed by atoms with E-state index in [0.29, 0.717) is 0 Å². The van der Waals surface area contributed by atoms with Crippen LogP contribution in [0, 0.1) is 23.2 Å². The number of hydrogen-bond acceptors (Lipinski definition) is 3. The van der Waals surface area contributed by atoms with E-state index in [-0.39, 0.29) is 17.9 Å². The van der Waals surface area contributed by atoms with Crippen molar-refractivity contribution in [1.29, 1.82) is 5.26 Å². The summed E-state index contributed by atoms with van der Waals surface area (Å²) in [5.74, 6) is -0.451. The highest BCUT2D eigenvalue weighted by molar-refractivity contribution is 5.81. The third-order valence-electron chi connectivity index (χ3n) is 3.33. The van der Waals surface area contributed by atoms with Gasteiger partial charge in [-0.15, -0.1) is 0 Å². The lowest BCUT2D eigenvalue weighted by Gasteiger charge is -2.27. The van der Waals surface area contributed by atoms with Crippen LogP contribution < -0.4 is 0 Å². The van der Waals surface area contributed by atoms with Gasteiger partial charge < -0.3 is 9.80 Å². The SMILES string of the molecule is CC(C)C(C#N)C(=O)N(C)C1CCN(C)C1. The Morgan fingerprint density at radius 1 is 1.56 bits per heavy atom. The Morgan fingerprint density at radius 3 is 2.56 bits per heavy atom. The molecule has 1 aliphatic rings. The Hall–Kier alpha value is -1.08. The van der Waals surface area contributed by atoms with Gasteiger partial charge >= 0.3 is 0 Å². The van der Waals surface area contributed by atoms with E-state index >= 15 is 0 Å². The summed E-state index contributed by atoms with van der Waals surface area (Å²) in [6, 6.07) is 2.38. The lowest BCUT2D eigenvalue weighted by molar-refractivity contribution is -0.135. The fraction of sp³-hybridized carbons (Fsp3) is 0.833. The first-order valence-electron chi connectivity index (χ1n) is 5.82. The highest BCUT2D eigenvalue weighted by Gasteiger charge is 2.31. The Balaban J connectivity index is 2.63. The second-order valence-corrected chi connectivity index (χ2v) is 5.00. The molecular weight excluding hydrogens is 202 g/mol. The summed E-state index contributed by atoms with van der Waals surface area (Å²) < 4.78 is 0. The Kier molecular flexibility index (Phi) is 4.31. The van der Waals surface area contributed by atoms with Gasteiger partial charge in [0.05, 0.1) is 6.07 Å². The summed E-state index contributed by atoms with van der Waals surface area (Å²) in [7, 11) is 3.88. The van der Waals surface area contributed by atoms with Gasteiger partial charge in [-0.25, -0.2) is 0 Å². The van der Waals surface area contributed by atoms with E-state index in [1.165, 1.54) is 0 Å². The molecule has 90 valence electrons. The molecule has 1 aliphatic heterocycles. The van der Waals surface area contributed by atoms with Gasteiger partial charge in [-0.3, -0.25) is 4.79 Å². The van der Waals surface area contributed by atoms with Crippen molar-refractivity contribution >= 4 is 5.91 Å². The Labute approximate surface area is 97.8 Å². The van der Waals surface area contributed by atoms with Crippen molar-refractivity contribution in [2.24, 2.45) is 11.8 Å². The molecule has 0 spiro atoms. The smallest absolute Gasteiger partial charge is 0.240 e. The van der Waals surface area contributed by atoms with Crippen molar-refractivity contribution in [3.05, 3.63) is 0 Å². The molecule has 0 aliphatic carbocycles. The number of carbonyl (C=O) groups excluding carboxylic acids is 1. The lowest BCUT2D eigenvalue weighted by atomic mass is 9.95. The van der Waals surface area contributed by atoms with Crippen LogP contribution in [-0.2, 0) is 4.79 Å². The normalized spacial score (nSPS) is 23.1. The van der Waals surface area contributed by atoms with Crippen molar-refractivity contribution in [2.45, 2.75) is 26.3 Å². The minimum atomic E-state index is -0.504. The highest BCUT2D eigenvalue weighted by Crippen LogP contribution is 2.18. The molecule has 0 N–H and O–H groups in total. The lowest BCUT2D eigenvalue weighted by Crippen LogP contribution is -2.42. The third-order valence-corrected chi connectivity index (χ3v) is 3.33. The van der Waals surface area contributed by atoms with E-state index in [4.69, 9.17) is 5.26 Å². The van der Waals surface area contributed by atoms with Crippen LogP contribution in [-0.4, -0.2) is 48.9 Å².